The molecule has 2 aromatic rings. The molecule has 0 fully saturated rings. The second kappa shape index (κ2) is 8.75. The zero-order valence-corrected chi connectivity index (χ0v) is 19.2. The maximum atomic E-state index is 13.3. The summed E-state index contributed by atoms with van der Waals surface area (Å²) >= 11 is 3.59. The number of hydrogen-bond acceptors (Lipinski definition) is 5. The van der Waals surface area contributed by atoms with Gasteiger partial charge in [-0.1, -0.05) is 28.1 Å². The summed E-state index contributed by atoms with van der Waals surface area (Å²) in [5.41, 5.74) is 3.27. The van der Waals surface area contributed by atoms with Gasteiger partial charge in [0.1, 0.15) is 5.75 Å². The van der Waals surface area contributed by atoms with Gasteiger partial charge in [0.25, 0.3) is 0 Å². The molecule has 4 rings (SSSR count). The largest absolute Gasteiger partial charge is 0.497 e. The van der Waals surface area contributed by atoms with Crippen LogP contribution in [0, 0.1) is 0 Å². The first-order valence-electron chi connectivity index (χ1n) is 10.1. The van der Waals surface area contributed by atoms with E-state index in [-0.39, 0.29) is 29.9 Å². The lowest BCUT2D eigenvalue weighted by atomic mass is 9.73. The van der Waals surface area contributed by atoms with Crippen LogP contribution in [-0.4, -0.2) is 33.0 Å². The number of amides is 1. The number of ether oxygens (including phenoxy) is 3. The quantitative estimate of drug-likeness (QED) is 0.675. The maximum absolute atomic E-state index is 13.3. The van der Waals surface area contributed by atoms with Gasteiger partial charge in [-0.15, -0.1) is 0 Å². The molecule has 2 aliphatic rings. The Labute approximate surface area is 189 Å². The normalized spacial score (nSPS) is 20.8. The van der Waals surface area contributed by atoms with E-state index >= 15 is 0 Å². The number of hydrogen-bond donors (Lipinski definition) is 1. The second-order valence-corrected chi connectivity index (χ2v) is 8.59. The molecule has 2 unspecified atom stereocenters. The van der Waals surface area contributed by atoms with Crippen molar-refractivity contribution < 1.29 is 23.8 Å². The van der Waals surface area contributed by atoms with E-state index in [0.717, 1.165) is 21.3 Å². The van der Waals surface area contributed by atoms with Crippen molar-refractivity contribution in [3.8, 4) is 17.2 Å². The Morgan fingerprint density at radius 3 is 2.39 bits per heavy atom. The minimum atomic E-state index is -0.336. The number of nitrogens with one attached hydrogen (secondary N) is 1. The van der Waals surface area contributed by atoms with E-state index in [4.69, 9.17) is 14.2 Å². The molecular weight excluding hydrogens is 462 g/mol. The molecule has 1 aliphatic heterocycles. The first-order valence-corrected chi connectivity index (χ1v) is 10.9. The van der Waals surface area contributed by atoms with Gasteiger partial charge >= 0.3 is 0 Å². The van der Waals surface area contributed by atoms with Crippen LogP contribution >= 0.6 is 15.9 Å². The first-order chi connectivity index (χ1) is 14.9. The highest BCUT2D eigenvalue weighted by atomic mass is 79.9. The number of methoxy groups -OCH3 is 3. The molecule has 7 heteroatoms. The van der Waals surface area contributed by atoms with Gasteiger partial charge in [0.2, 0.25) is 5.91 Å². The number of rotatable bonds is 5. The van der Waals surface area contributed by atoms with Crippen LogP contribution < -0.4 is 19.5 Å². The van der Waals surface area contributed by atoms with Crippen LogP contribution in [0.1, 0.15) is 42.2 Å². The summed E-state index contributed by atoms with van der Waals surface area (Å²) in [5.74, 6) is 1.52. The number of carbonyl (C=O) groups is 2. The van der Waals surface area contributed by atoms with E-state index in [2.05, 4.69) is 21.2 Å². The lowest BCUT2D eigenvalue weighted by Crippen LogP contribution is -2.38. The van der Waals surface area contributed by atoms with Crippen LogP contribution in [0.15, 0.2) is 52.1 Å². The molecule has 2 aromatic carbocycles. The van der Waals surface area contributed by atoms with Crippen LogP contribution in [0.4, 0.5) is 0 Å². The summed E-state index contributed by atoms with van der Waals surface area (Å²) < 4.78 is 16.9. The Bertz CT molecular complexity index is 1080. The van der Waals surface area contributed by atoms with Gasteiger partial charge in [0, 0.05) is 34.5 Å². The number of allylic oxidation sites excluding steroid dienone is 2. The number of benzene rings is 2. The van der Waals surface area contributed by atoms with E-state index in [1.807, 2.05) is 36.4 Å². The average Bonchev–Trinajstić information content (AvgIpc) is 2.77. The molecule has 1 aliphatic carbocycles. The maximum Gasteiger partial charge on any atom is 0.225 e. The molecule has 0 aromatic heterocycles. The van der Waals surface area contributed by atoms with Crippen LogP contribution in [0.3, 0.4) is 0 Å². The van der Waals surface area contributed by atoms with Crippen LogP contribution in [-0.2, 0) is 9.59 Å². The molecule has 0 bridgehead atoms. The lowest BCUT2D eigenvalue weighted by Gasteiger charge is -2.35. The van der Waals surface area contributed by atoms with Crippen LogP contribution in [0.25, 0.3) is 0 Å². The fourth-order valence-electron chi connectivity index (χ4n) is 4.49. The molecule has 1 N–H and O–H groups in total. The Hall–Kier alpha value is -2.80. The summed E-state index contributed by atoms with van der Waals surface area (Å²) in [7, 11) is 4.76. The Balaban J connectivity index is 1.74. The van der Waals surface area contributed by atoms with Crippen molar-refractivity contribution in [2.45, 2.75) is 31.1 Å². The van der Waals surface area contributed by atoms with Crippen molar-refractivity contribution in [1.82, 2.24) is 5.32 Å². The zero-order chi connectivity index (χ0) is 22.1. The first kappa shape index (κ1) is 21.4. The Morgan fingerprint density at radius 1 is 0.935 bits per heavy atom. The third-order valence-corrected chi connectivity index (χ3v) is 6.67. The summed E-state index contributed by atoms with van der Waals surface area (Å²) in [5, 5.41) is 2.96. The van der Waals surface area contributed by atoms with E-state index in [0.29, 0.717) is 35.6 Å². The third-order valence-electron chi connectivity index (χ3n) is 5.98. The van der Waals surface area contributed by atoms with Gasteiger partial charge in [0.15, 0.2) is 17.3 Å². The van der Waals surface area contributed by atoms with Gasteiger partial charge in [-0.3, -0.25) is 9.59 Å². The Kier molecular flexibility index (Phi) is 6.05. The molecule has 0 saturated heterocycles. The molecule has 31 heavy (non-hydrogen) atoms. The molecule has 0 spiro atoms. The van der Waals surface area contributed by atoms with Crippen molar-refractivity contribution in [3.63, 3.8) is 0 Å². The minimum Gasteiger partial charge on any atom is -0.497 e. The van der Waals surface area contributed by atoms with Crippen molar-refractivity contribution in [2.75, 3.05) is 21.3 Å². The van der Waals surface area contributed by atoms with Crippen molar-refractivity contribution >= 4 is 27.6 Å². The lowest BCUT2D eigenvalue weighted by molar-refractivity contribution is -0.122. The van der Waals surface area contributed by atoms with Crippen molar-refractivity contribution in [3.05, 3.63) is 63.3 Å². The van der Waals surface area contributed by atoms with Crippen molar-refractivity contribution in [2.24, 2.45) is 0 Å². The smallest absolute Gasteiger partial charge is 0.225 e. The average molecular weight is 486 g/mol. The van der Waals surface area contributed by atoms with E-state index in [9.17, 15) is 9.59 Å². The van der Waals surface area contributed by atoms with Crippen LogP contribution in [0.2, 0.25) is 0 Å². The monoisotopic (exact) mass is 485 g/mol. The minimum absolute atomic E-state index is 0.00533. The SMILES string of the molecule is COc1cccc(C2CC(=O)C3=C(C2)NC(=O)CC3c2cc(OC)c(OC)cc2Br)c1. The van der Waals surface area contributed by atoms with Crippen LogP contribution in [0.5, 0.6) is 17.2 Å². The molecule has 0 radical (unpaired) electrons. The highest BCUT2D eigenvalue weighted by molar-refractivity contribution is 9.10. The summed E-state index contributed by atoms with van der Waals surface area (Å²) in [4.78, 5) is 25.9. The summed E-state index contributed by atoms with van der Waals surface area (Å²) in [6.07, 6.45) is 1.20. The molecule has 162 valence electrons. The van der Waals surface area contributed by atoms with Gasteiger partial charge in [-0.05, 0) is 47.7 Å². The summed E-state index contributed by atoms with van der Waals surface area (Å²) in [6, 6.07) is 11.4. The highest BCUT2D eigenvalue weighted by Gasteiger charge is 2.39. The molecule has 6 nitrogen and oxygen atoms in total. The third kappa shape index (κ3) is 4.06. The Morgan fingerprint density at radius 2 is 1.68 bits per heavy atom. The second-order valence-electron chi connectivity index (χ2n) is 7.73. The zero-order valence-electron chi connectivity index (χ0n) is 17.7. The molecule has 1 amide bonds. The number of carbonyl (C=O) groups excluding carboxylic acids is 2. The van der Waals surface area contributed by atoms with E-state index < -0.39 is 0 Å². The van der Waals surface area contributed by atoms with E-state index in [1.54, 1.807) is 21.3 Å². The van der Waals surface area contributed by atoms with Gasteiger partial charge in [-0.25, -0.2) is 0 Å². The predicted octanol–water partition coefficient (Wildman–Crippen LogP) is 4.48. The number of Topliss-reactive ketones (excluding diaryl/α,β-unsaturated/α-hetero) is 1. The fraction of sp³-hybridized carbons (Fsp3) is 0.333. The number of ketones is 1. The fourth-order valence-corrected chi connectivity index (χ4v) is 5.09. The van der Waals surface area contributed by atoms with Gasteiger partial charge in [0.05, 0.1) is 21.3 Å². The topological polar surface area (TPSA) is 73.9 Å². The van der Waals surface area contributed by atoms with Gasteiger partial charge < -0.3 is 19.5 Å². The summed E-state index contributed by atoms with van der Waals surface area (Å²) in [6.45, 7) is 0. The number of halogens is 1. The van der Waals surface area contributed by atoms with E-state index in [1.165, 1.54) is 0 Å². The molecule has 1 heterocycles. The highest BCUT2D eigenvalue weighted by Crippen LogP contribution is 2.46. The standard InChI is InChI=1S/C24H24BrNO5/c1-29-15-6-4-5-13(7-15)14-8-19-24(20(27)9-14)17(11-23(28)26-19)16-10-21(30-2)22(31-3)12-18(16)25/h4-7,10,12,14,17H,8-9,11H2,1-3H3,(H,26,28). The van der Waals surface area contributed by atoms with Crippen molar-refractivity contribution in [1.29, 1.82) is 0 Å². The predicted molar refractivity (Wildman–Crippen MR) is 120 cm³/mol. The van der Waals surface area contributed by atoms with Gasteiger partial charge in [-0.2, -0.15) is 0 Å². The molecule has 0 saturated carbocycles. The molecular formula is C24H24BrNO5. The molecule has 2 atom stereocenters.